The summed E-state index contributed by atoms with van der Waals surface area (Å²) in [6, 6.07) is 13.6. The maximum Gasteiger partial charge on any atom is 0.241 e. The first kappa shape index (κ1) is 22.3. The molecule has 2 aromatic rings. The molecule has 0 aromatic heterocycles. The molecule has 0 spiro atoms. The number of carbonyl (C=O) groups excluding carboxylic acids is 1. The van der Waals surface area contributed by atoms with Crippen molar-refractivity contribution >= 4 is 21.6 Å². The lowest BCUT2D eigenvalue weighted by Crippen LogP contribution is -2.41. The SMILES string of the molecule is CC(C)c1ccc(N(CC(=O)NC(C)c2ccc3c(c2)CCCC3)S(C)(=O)=O)cc1. The molecule has 0 fully saturated rings. The fourth-order valence-electron chi connectivity index (χ4n) is 3.95. The number of nitrogens with zero attached hydrogens (tertiary/aromatic N) is 1. The molecule has 162 valence electrons. The van der Waals surface area contributed by atoms with Crippen molar-refractivity contribution in [2.45, 2.75) is 58.4 Å². The Balaban J connectivity index is 1.71. The van der Waals surface area contributed by atoms with Crippen LogP contribution in [0.15, 0.2) is 42.5 Å². The number of aryl methyl sites for hydroxylation is 2. The van der Waals surface area contributed by atoms with Crippen molar-refractivity contribution in [3.63, 3.8) is 0 Å². The van der Waals surface area contributed by atoms with E-state index in [4.69, 9.17) is 0 Å². The zero-order valence-corrected chi connectivity index (χ0v) is 19.1. The molecule has 1 aliphatic rings. The zero-order valence-electron chi connectivity index (χ0n) is 18.3. The highest BCUT2D eigenvalue weighted by Crippen LogP contribution is 2.25. The van der Waals surface area contributed by atoms with Crippen LogP contribution < -0.4 is 9.62 Å². The van der Waals surface area contributed by atoms with Crippen LogP contribution in [-0.2, 0) is 27.7 Å². The van der Waals surface area contributed by atoms with E-state index in [1.165, 1.54) is 24.0 Å². The Morgan fingerprint density at radius 2 is 1.57 bits per heavy atom. The molecule has 5 nitrogen and oxygen atoms in total. The molecular formula is C24H32N2O3S. The number of amides is 1. The first-order valence-electron chi connectivity index (χ1n) is 10.6. The highest BCUT2D eigenvalue weighted by Gasteiger charge is 2.22. The van der Waals surface area contributed by atoms with E-state index in [2.05, 4.69) is 37.4 Å². The van der Waals surface area contributed by atoms with Crippen LogP contribution in [0.1, 0.15) is 67.8 Å². The minimum Gasteiger partial charge on any atom is -0.348 e. The Hall–Kier alpha value is -2.34. The van der Waals surface area contributed by atoms with Crippen LogP contribution in [0, 0.1) is 0 Å². The van der Waals surface area contributed by atoms with E-state index in [1.807, 2.05) is 19.1 Å². The van der Waals surface area contributed by atoms with E-state index in [9.17, 15) is 13.2 Å². The third-order valence-corrected chi connectivity index (χ3v) is 6.93. The Morgan fingerprint density at radius 3 is 2.17 bits per heavy atom. The van der Waals surface area contributed by atoms with E-state index in [0.29, 0.717) is 11.6 Å². The molecule has 6 heteroatoms. The third kappa shape index (κ3) is 5.42. The normalized spacial score (nSPS) is 14.8. The Bertz CT molecular complexity index is 998. The smallest absolute Gasteiger partial charge is 0.241 e. The molecule has 0 radical (unpaired) electrons. The summed E-state index contributed by atoms with van der Waals surface area (Å²) >= 11 is 0. The second kappa shape index (κ2) is 9.21. The quantitative estimate of drug-likeness (QED) is 0.714. The van der Waals surface area contributed by atoms with Gasteiger partial charge in [-0.25, -0.2) is 8.42 Å². The van der Waals surface area contributed by atoms with Gasteiger partial charge in [0.1, 0.15) is 6.54 Å². The second-order valence-corrected chi connectivity index (χ2v) is 10.4. The van der Waals surface area contributed by atoms with E-state index in [0.717, 1.165) is 34.5 Å². The second-order valence-electron chi connectivity index (χ2n) is 8.54. The molecule has 0 saturated heterocycles. The summed E-state index contributed by atoms with van der Waals surface area (Å²) in [7, 11) is -3.59. The van der Waals surface area contributed by atoms with Crippen molar-refractivity contribution in [2.24, 2.45) is 0 Å². The molecule has 0 aliphatic heterocycles. The van der Waals surface area contributed by atoms with Gasteiger partial charge in [-0.2, -0.15) is 0 Å². The summed E-state index contributed by atoms with van der Waals surface area (Å²) in [5.41, 5.74) is 5.44. The van der Waals surface area contributed by atoms with E-state index >= 15 is 0 Å². The lowest BCUT2D eigenvalue weighted by molar-refractivity contribution is -0.120. The molecule has 0 saturated carbocycles. The third-order valence-electron chi connectivity index (χ3n) is 5.79. The van der Waals surface area contributed by atoms with Crippen LogP contribution in [0.2, 0.25) is 0 Å². The van der Waals surface area contributed by atoms with Gasteiger partial charge in [-0.15, -0.1) is 0 Å². The van der Waals surface area contributed by atoms with Crippen LogP contribution in [0.25, 0.3) is 0 Å². The van der Waals surface area contributed by atoms with Gasteiger partial charge in [0.25, 0.3) is 0 Å². The van der Waals surface area contributed by atoms with Crippen molar-refractivity contribution < 1.29 is 13.2 Å². The zero-order chi connectivity index (χ0) is 21.9. The summed E-state index contributed by atoms with van der Waals surface area (Å²) in [6.07, 6.45) is 5.77. The van der Waals surface area contributed by atoms with Crippen LogP contribution in [-0.4, -0.2) is 27.1 Å². The average molecular weight is 429 g/mol. The van der Waals surface area contributed by atoms with Gasteiger partial charge in [0.15, 0.2) is 0 Å². The number of nitrogens with one attached hydrogen (secondary N) is 1. The van der Waals surface area contributed by atoms with Crippen molar-refractivity contribution in [1.29, 1.82) is 0 Å². The van der Waals surface area contributed by atoms with Crippen LogP contribution in [0.3, 0.4) is 0 Å². The topological polar surface area (TPSA) is 66.5 Å². The number of anilines is 1. The molecule has 0 heterocycles. The maximum atomic E-state index is 12.7. The monoisotopic (exact) mass is 428 g/mol. The summed E-state index contributed by atoms with van der Waals surface area (Å²) in [4.78, 5) is 12.7. The van der Waals surface area contributed by atoms with E-state index in [1.54, 1.807) is 12.1 Å². The summed E-state index contributed by atoms with van der Waals surface area (Å²) in [5, 5.41) is 2.96. The molecule has 1 atom stereocenters. The molecule has 1 aliphatic carbocycles. The molecule has 30 heavy (non-hydrogen) atoms. The maximum absolute atomic E-state index is 12.7. The van der Waals surface area contributed by atoms with Crippen molar-refractivity contribution in [2.75, 3.05) is 17.1 Å². The van der Waals surface area contributed by atoms with Gasteiger partial charge >= 0.3 is 0 Å². The first-order valence-corrected chi connectivity index (χ1v) is 12.5. The van der Waals surface area contributed by atoms with Crippen molar-refractivity contribution in [3.05, 3.63) is 64.7 Å². The fourth-order valence-corrected chi connectivity index (χ4v) is 4.81. The summed E-state index contributed by atoms with van der Waals surface area (Å²) in [6.45, 7) is 5.86. The number of hydrogen-bond donors (Lipinski definition) is 1. The van der Waals surface area contributed by atoms with E-state index < -0.39 is 10.0 Å². The van der Waals surface area contributed by atoms with E-state index in [-0.39, 0.29) is 18.5 Å². The summed E-state index contributed by atoms with van der Waals surface area (Å²) < 4.78 is 25.9. The lowest BCUT2D eigenvalue weighted by atomic mass is 9.89. The largest absolute Gasteiger partial charge is 0.348 e. The van der Waals surface area contributed by atoms with Gasteiger partial charge in [-0.3, -0.25) is 9.10 Å². The van der Waals surface area contributed by atoms with Crippen LogP contribution in [0.4, 0.5) is 5.69 Å². The molecule has 1 unspecified atom stereocenters. The van der Waals surface area contributed by atoms with Crippen molar-refractivity contribution in [3.8, 4) is 0 Å². The minimum atomic E-state index is -3.59. The molecule has 3 rings (SSSR count). The van der Waals surface area contributed by atoms with Gasteiger partial charge in [-0.1, -0.05) is 44.2 Å². The standard InChI is InChI=1S/C24H32N2O3S/c1-17(2)19-11-13-23(14-12-19)26(30(4,28)29)16-24(27)25-18(3)21-10-9-20-7-5-6-8-22(20)15-21/h9-15,17-18H,5-8,16H2,1-4H3,(H,25,27). The highest BCUT2D eigenvalue weighted by atomic mass is 32.2. The number of rotatable bonds is 7. The fraction of sp³-hybridized carbons (Fsp3) is 0.458. The summed E-state index contributed by atoms with van der Waals surface area (Å²) in [5.74, 6) is 0.0325. The number of carbonyl (C=O) groups is 1. The van der Waals surface area contributed by atoms with Crippen molar-refractivity contribution in [1.82, 2.24) is 5.32 Å². The van der Waals surface area contributed by atoms with Crippen LogP contribution >= 0.6 is 0 Å². The lowest BCUT2D eigenvalue weighted by Gasteiger charge is -2.24. The van der Waals surface area contributed by atoms with Gasteiger partial charge in [-0.05, 0) is 72.9 Å². The molecule has 1 amide bonds. The predicted octanol–water partition coefficient (Wildman–Crippen LogP) is 4.33. The van der Waals surface area contributed by atoms with Gasteiger partial charge in [0.05, 0.1) is 18.0 Å². The highest BCUT2D eigenvalue weighted by molar-refractivity contribution is 7.92. The number of sulfonamides is 1. The molecular weight excluding hydrogens is 396 g/mol. The van der Waals surface area contributed by atoms with Gasteiger partial charge in [0, 0.05) is 0 Å². The Labute approximate surface area is 180 Å². The predicted molar refractivity (Wildman–Crippen MR) is 122 cm³/mol. The van der Waals surface area contributed by atoms with Gasteiger partial charge in [0.2, 0.25) is 15.9 Å². The Kier molecular flexibility index (Phi) is 6.86. The Morgan fingerprint density at radius 1 is 0.967 bits per heavy atom. The number of benzene rings is 2. The average Bonchev–Trinajstić information content (AvgIpc) is 2.71. The number of hydrogen-bond acceptors (Lipinski definition) is 3. The minimum absolute atomic E-state index is 0.186. The van der Waals surface area contributed by atoms with Gasteiger partial charge < -0.3 is 5.32 Å². The molecule has 1 N–H and O–H groups in total. The molecule has 0 bridgehead atoms. The number of fused-ring (bicyclic) bond motifs is 1. The molecule has 2 aromatic carbocycles. The van der Waals surface area contributed by atoms with Crippen LogP contribution in [0.5, 0.6) is 0 Å². The first-order chi connectivity index (χ1) is 14.1.